The van der Waals surface area contributed by atoms with E-state index >= 15 is 0 Å². The number of guanidine groups is 1. The summed E-state index contributed by atoms with van der Waals surface area (Å²) in [7, 11) is 1.73. The minimum Gasteiger partial charge on any atom is -0.486 e. The van der Waals surface area contributed by atoms with Crippen LogP contribution in [0.4, 0.5) is 4.39 Å². The predicted molar refractivity (Wildman–Crippen MR) is 109 cm³/mol. The van der Waals surface area contributed by atoms with Gasteiger partial charge in [0.2, 0.25) is 0 Å². The molecular weight excluding hydrogens is 357 g/mol. The summed E-state index contributed by atoms with van der Waals surface area (Å²) in [4.78, 5) is 4.27. The van der Waals surface area contributed by atoms with Crippen LogP contribution in [0.25, 0.3) is 0 Å². The van der Waals surface area contributed by atoms with Crippen LogP contribution in [0.15, 0.2) is 59.6 Å². The minimum absolute atomic E-state index is 0.107. The van der Waals surface area contributed by atoms with Gasteiger partial charge >= 0.3 is 0 Å². The van der Waals surface area contributed by atoms with Crippen molar-refractivity contribution in [1.29, 1.82) is 0 Å². The molecule has 3 rings (SSSR count). The molecule has 0 aromatic heterocycles. The van der Waals surface area contributed by atoms with E-state index in [9.17, 15) is 4.39 Å². The first kappa shape index (κ1) is 20.1. The molecule has 0 radical (unpaired) electrons. The molecule has 0 aliphatic carbocycles. The summed E-state index contributed by atoms with van der Waals surface area (Å²) in [5.74, 6) is 0.981. The topological polar surface area (TPSA) is 54.9 Å². The zero-order chi connectivity index (χ0) is 19.8. The molecule has 6 heteroatoms. The van der Waals surface area contributed by atoms with Crippen LogP contribution >= 0.6 is 0 Å². The monoisotopic (exact) mass is 385 g/mol. The fourth-order valence-electron chi connectivity index (χ4n) is 3.34. The van der Waals surface area contributed by atoms with Crippen molar-refractivity contribution in [1.82, 2.24) is 10.6 Å². The average molecular weight is 385 g/mol. The van der Waals surface area contributed by atoms with Gasteiger partial charge in [0.05, 0.1) is 12.6 Å². The third kappa shape index (κ3) is 5.45. The smallest absolute Gasteiger partial charge is 0.191 e. The number of benzene rings is 2. The Kier molecular flexibility index (Phi) is 7.25. The van der Waals surface area contributed by atoms with Gasteiger partial charge in [0.1, 0.15) is 6.10 Å². The average Bonchev–Trinajstić information content (AvgIpc) is 3.19. The van der Waals surface area contributed by atoms with E-state index in [1.165, 1.54) is 11.6 Å². The van der Waals surface area contributed by atoms with Gasteiger partial charge < -0.3 is 20.1 Å². The van der Waals surface area contributed by atoms with Gasteiger partial charge in [-0.05, 0) is 31.0 Å². The fourth-order valence-corrected chi connectivity index (χ4v) is 3.34. The van der Waals surface area contributed by atoms with Gasteiger partial charge in [-0.2, -0.15) is 0 Å². The molecule has 150 valence electrons. The van der Waals surface area contributed by atoms with Gasteiger partial charge in [-0.15, -0.1) is 0 Å². The van der Waals surface area contributed by atoms with Crippen molar-refractivity contribution in [3.8, 4) is 5.75 Å². The van der Waals surface area contributed by atoms with E-state index in [1.54, 1.807) is 25.2 Å². The summed E-state index contributed by atoms with van der Waals surface area (Å²) in [6.07, 6.45) is 0.911. The van der Waals surface area contributed by atoms with E-state index in [4.69, 9.17) is 9.47 Å². The molecule has 3 atom stereocenters. The summed E-state index contributed by atoms with van der Waals surface area (Å²) in [5.41, 5.74) is 1.21. The number of nitrogens with one attached hydrogen (secondary N) is 2. The van der Waals surface area contributed by atoms with E-state index in [0.717, 1.165) is 19.6 Å². The molecule has 5 nitrogen and oxygen atoms in total. The lowest BCUT2D eigenvalue weighted by atomic mass is 9.95. The van der Waals surface area contributed by atoms with Crippen molar-refractivity contribution >= 4 is 5.96 Å². The molecule has 2 N–H and O–H groups in total. The molecule has 1 heterocycles. The first-order chi connectivity index (χ1) is 13.7. The highest BCUT2D eigenvalue weighted by Gasteiger charge is 2.29. The molecule has 2 aromatic carbocycles. The summed E-state index contributed by atoms with van der Waals surface area (Å²) < 4.78 is 25.3. The molecule has 3 unspecified atom stereocenters. The fraction of sp³-hybridized carbons (Fsp3) is 0.409. The Morgan fingerprint density at radius 2 is 1.93 bits per heavy atom. The van der Waals surface area contributed by atoms with Crippen LogP contribution in [0.2, 0.25) is 0 Å². The summed E-state index contributed by atoms with van der Waals surface area (Å²) in [6, 6.07) is 16.7. The molecule has 1 aliphatic rings. The maximum atomic E-state index is 13.7. The predicted octanol–water partition coefficient (Wildman–Crippen LogP) is 3.54. The number of para-hydroxylation sites is 1. The van der Waals surface area contributed by atoms with Gasteiger partial charge in [0.15, 0.2) is 17.5 Å². The lowest BCUT2D eigenvalue weighted by molar-refractivity contribution is 0.0915. The van der Waals surface area contributed by atoms with Crippen molar-refractivity contribution in [3.05, 3.63) is 66.0 Å². The SMILES string of the molecule is CN=C(NCC(C)Oc1ccccc1F)NCC1CCOC1c1ccccc1. The van der Waals surface area contributed by atoms with Gasteiger partial charge in [0.25, 0.3) is 0 Å². The summed E-state index contributed by atoms with van der Waals surface area (Å²) in [6.45, 7) is 3.94. The van der Waals surface area contributed by atoms with Crippen LogP contribution in [-0.2, 0) is 4.74 Å². The van der Waals surface area contributed by atoms with E-state index in [0.29, 0.717) is 18.4 Å². The molecule has 0 spiro atoms. The van der Waals surface area contributed by atoms with E-state index < -0.39 is 0 Å². The van der Waals surface area contributed by atoms with Gasteiger partial charge in [-0.1, -0.05) is 42.5 Å². The summed E-state index contributed by atoms with van der Waals surface area (Å²) >= 11 is 0. The molecule has 0 saturated carbocycles. The molecule has 0 bridgehead atoms. The van der Waals surface area contributed by atoms with Crippen molar-refractivity contribution in [2.45, 2.75) is 25.6 Å². The summed E-state index contributed by atoms with van der Waals surface area (Å²) in [5, 5.41) is 6.61. The molecule has 2 aromatic rings. The van der Waals surface area contributed by atoms with Gasteiger partial charge in [-0.3, -0.25) is 4.99 Å². The second kappa shape index (κ2) is 10.1. The number of hydrogen-bond donors (Lipinski definition) is 2. The van der Waals surface area contributed by atoms with Crippen LogP contribution in [0.3, 0.4) is 0 Å². The van der Waals surface area contributed by atoms with Crippen molar-refractivity contribution in [2.75, 3.05) is 26.7 Å². The molecule has 1 aliphatic heterocycles. The largest absolute Gasteiger partial charge is 0.486 e. The van der Waals surface area contributed by atoms with Crippen LogP contribution in [0, 0.1) is 11.7 Å². The van der Waals surface area contributed by atoms with Gasteiger partial charge in [0, 0.05) is 26.1 Å². The zero-order valence-electron chi connectivity index (χ0n) is 16.4. The molecule has 28 heavy (non-hydrogen) atoms. The van der Waals surface area contributed by atoms with Gasteiger partial charge in [-0.25, -0.2) is 4.39 Å². The molecular formula is C22H28FN3O2. The van der Waals surface area contributed by atoms with Crippen LogP contribution < -0.4 is 15.4 Å². The highest BCUT2D eigenvalue weighted by Crippen LogP contribution is 2.33. The van der Waals surface area contributed by atoms with Crippen molar-refractivity contribution < 1.29 is 13.9 Å². The molecule has 1 fully saturated rings. The Hall–Kier alpha value is -2.60. The maximum absolute atomic E-state index is 13.7. The highest BCUT2D eigenvalue weighted by molar-refractivity contribution is 5.79. The number of halogens is 1. The Labute approximate surface area is 166 Å². The van der Waals surface area contributed by atoms with Crippen molar-refractivity contribution in [3.63, 3.8) is 0 Å². The first-order valence-electron chi connectivity index (χ1n) is 9.69. The number of nitrogens with zero attached hydrogens (tertiary/aromatic N) is 1. The maximum Gasteiger partial charge on any atom is 0.191 e. The normalized spacial score (nSPS) is 20.6. The lowest BCUT2D eigenvalue weighted by Crippen LogP contribution is -2.43. The minimum atomic E-state index is -0.356. The third-order valence-corrected chi connectivity index (χ3v) is 4.82. The van der Waals surface area contributed by atoms with E-state index in [-0.39, 0.29) is 23.8 Å². The van der Waals surface area contributed by atoms with Crippen LogP contribution in [0.1, 0.15) is 25.0 Å². The molecule has 0 amide bonds. The first-order valence-corrected chi connectivity index (χ1v) is 9.69. The number of rotatable bonds is 7. The van der Waals surface area contributed by atoms with E-state index in [1.807, 2.05) is 25.1 Å². The van der Waals surface area contributed by atoms with Crippen LogP contribution in [-0.4, -0.2) is 38.8 Å². The standard InChI is InChI=1S/C22H28FN3O2/c1-16(28-20-11-7-6-10-19(20)23)14-25-22(24-2)26-15-18-12-13-27-21(18)17-8-4-3-5-9-17/h3-11,16,18,21H,12-15H2,1-2H3,(H2,24,25,26). The Morgan fingerprint density at radius 1 is 1.18 bits per heavy atom. The number of aliphatic imine (C=N–C) groups is 1. The number of hydrogen-bond acceptors (Lipinski definition) is 3. The zero-order valence-corrected chi connectivity index (χ0v) is 16.4. The number of ether oxygens (including phenoxy) is 2. The Balaban J connectivity index is 1.46. The Morgan fingerprint density at radius 3 is 2.68 bits per heavy atom. The third-order valence-electron chi connectivity index (χ3n) is 4.82. The van der Waals surface area contributed by atoms with Crippen molar-refractivity contribution in [2.24, 2.45) is 10.9 Å². The van der Waals surface area contributed by atoms with E-state index in [2.05, 4.69) is 27.8 Å². The lowest BCUT2D eigenvalue weighted by Gasteiger charge is -2.22. The second-order valence-corrected chi connectivity index (χ2v) is 6.94. The highest BCUT2D eigenvalue weighted by atomic mass is 19.1. The van der Waals surface area contributed by atoms with Crippen LogP contribution in [0.5, 0.6) is 5.75 Å². The Bertz CT molecular complexity index is 769. The quantitative estimate of drug-likeness (QED) is 0.566. The second-order valence-electron chi connectivity index (χ2n) is 6.94. The molecule has 1 saturated heterocycles.